The van der Waals surface area contributed by atoms with Crippen molar-refractivity contribution in [1.82, 2.24) is 0 Å². The summed E-state index contributed by atoms with van der Waals surface area (Å²) in [5.41, 5.74) is 0. The monoisotopic (exact) mass is 196 g/mol. The van der Waals surface area contributed by atoms with Gasteiger partial charge < -0.3 is 0 Å². The minimum atomic E-state index is -4.23. The highest BCUT2D eigenvalue weighted by molar-refractivity contribution is 7.80. The van der Waals surface area contributed by atoms with E-state index < -0.39 is 10.4 Å². The van der Waals surface area contributed by atoms with Crippen LogP contribution in [0.1, 0.15) is 33.1 Å². The summed E-state index contributed by atoms with van der Waals surface area (Å²) in [4.78, 5) is 0. The van der Waals surface area contributed by atoms with Crippen molar-refractivity contribution in [3.8, 4) is 0 Å². The molecule has 0 radical (unpaired) electrons. The maximum Gasteiger partial charge on any atom is 0.397 e. The second-order valence-corrected chi connectivity index (χ2v) is 4.02. The molecule has 0 fully saturated rings. The first-order valence-electron chi connectivity index (χ1n) is 4.07. The van der Waals surface area contributed by atoms with Crippen molar-refractivity contribution in [1.29, 1.82) is 0 Å². The first-order valence-corrected chi connectivity index (χ1v) is 5.44. The van der Waals surface area contributed by atoms with E-state index in [-0.39, 0.29) is 6.61 Å². The molecule has 0 aromatic carbocycles. The van der Waals surface area contributed by atoms with Gasteiger partial charge in [0.1, 0.15) is 0 Å². The Morgan fingerprint density at radius 2 is 2.00 bits per heavy atom. The van der Waals surface area contributed by atoms with Gasteiger partial charge in [-0.1, -0.05) is 26.7 Å². The lowest BCUT2D eigenvalue weighted by Crippen LogP contribution is -2.07. The maximum absolute atomic E-state index is 10.1. The average molecular weight is 196 g/mol. The molecule has 0 heterocycles. The lowest BCUT2D eigenvalue weighted by atomic mass is 10.0. The zero-order valence-corrected chi connectivity index (χ0v) is 8.30. The van der Waals surface area contributed by atoms with E-state index in [0.29, 0.717) is 12.3 Å². The van der Waals surface area contributed by atoms with Crippen molar-refractivity contribution >= 4 is 10.4 Å². The van der Waals surface area contributed by atoms with Gasteiger partial charge in [0, 0.05) is 0 Å². The van der Waals surface area contributed by atoms with Crippen LogP contribution >= 0.6 is 0 Å². The molecule has 0 saturated heterocycles. The fourth-order valence-corrected chi connectivity index (χ4v) is 1.30. The van der Waals surface area contributed by atoms with Crippen molar-refractivity contribution in [2.75, 3.05) is 6.61 Å². The summed E-state index contributed by atoms with van der Waals surface area (Å²) in [7, 11) is -4.23. The summed E-state index contributed by atoms with van der Waals surface area (Å²) in [6, 6.07) is 0. The van der Waals surface area contributed by atoms with E-state index in [4.69, 9.17) is 4.55 Å². The van der Waals surface area contributed by atoms with Gasteiger partial charge in [0.05, 0.1) is 6.61 Å². The van der Waals surface area contributed by atoms with Crippen molar-refractivity contribution in [2.45, 2.75) is 33.1 Å². The second kappa shape index (κ2) is 5.50. The van der Waals surface area contributed by atoms with Crippen LogP contribution < -0.4 is 0 Å². The average Bonchev–Trinajstić information content (AvgIpc) is 1.84. The van der Waals surface area contributed by atoms with Crippen LogP contribution in [-0.2, 0) is 14.6 Å². The van der Waals surface area contributed by atoms with Gasteiger partial charge in [-0.2, -0.15) is 8.42 Å². The molecule has 0 aromatic heterocycles. The van der Waals surface area contributed by atoms with Gasteiger partial charge in [0.15, 0.2) is 0 Å². The molecule has 0 bridgehead atoms. The van der Waals surface area contributed by atoms with Gasteiger partial charge in [-0.3, -0.25) is 4.55 Å². The van der Waals surface area contributed by atoms with Crippen LogP contribution in [-0.4, -0.2) is 19.6 Å². The molecule has 1 atom stereocenters. The molecule has 1 unspecified atom stereocenters. The van der Waals surface area contributed by atoms with Crippen LogP contribution in [0.15, 0.2) is 0 Å². The van der Waals surface area contributed by atoms with Gasteiger partial charge in [-0.15, -0.1) is 0 Å². The summed E-state index contributed by atoms with van der Waals surface area (Å²) in [6.07, 6.45) is 2.79. The Kier molecular flexibility index (Phi) is 5.44. The Morgan fingerprint density at radius 1 is 1.42 bits per heavy atom. The smallest absolute Gasteiger partial charge is 0.264 e. The van der Waals surface area contributed by atoms with Gasteiger partial charge in [-0.25, -0.2) is 4.18 Å². The third-order valence-electron chi connectivity index (χ3n) is 1.62. The van der Waals surface area contributed by atoms with E-state index in [1.165, 1.54) is 0 Å². The zero-order chi connectivity index (χ0) is 9.61. The molecule has 0 aliphatic carbocycles. The van der Waals surface area contributed by atoms with Crippen molar-refractivity contribution in [3.63, 3.8) is 0 Å². The van der Waals surface area contributed by atoms with Crippen LogP contribution in [0.2, 0.25) is 0 Å². The molecule has 4 nitrogen and oxygen atoms in total. The molecule has 0 aromatic rings. The quantitative estimate of drug-likeness (QED) is 0.656. The molecule has 74 valence electrons. The Hall–Kier alpha value is -0.130. The number of hydrogen-bond acceptors (Lipinski definition) is 3. The summed E-state index contributed by atoms with van der Waals surface area (Å²) in [5.74, 6) is 0.441. The van der Waals surface area contributed by atoms with E-state index >= 15 is 0 Å². The molecular formula is C7H16O4S. The van der Waals surface area contributed by atoms with Gasteiger partial charge in [0.25, 0.3) is 0 Å². The molecule has 12 heavy (non-hydrogen) atoms. The van der Waals surface area contributed by atoms with E-state index in [9.17, 15) is 8.42 Å². The maximum atomic E-state index is 10.1. The predicted octanol–water partition coefficient (Wildman–Crippen LogP) is 1.63. The number of hydrogen-bond donors (Lipinski definition) is 1. The highest BCUT2D eigenvalue weighted by atomic mass is 32.3. The van der Waals surface area contributed by atoms with Gasteiger partial charge in [-0.05, 0) is 12.3 Å². The molecule has 0 rings (SSSR count). The minimum Gasteiger partial charge on any atom is -0.264 e. The van der Waals surface area contributed by atoms with Gasteiger partial charge in [0.2, 0.25) is 0 Å². The van der Waals surface area contributed by atoms with E-state index in [0.717, 1.165) is 12.8 Å². The minimum absolute atomic E-state index is 0.0694. The molecule has 0 spiro atoms. The summed E-state index contributed by atoms with van der Waals surface area (Å²) >= 11 is 0. The largest absolute Gasteiger partial charge is 0.397 e. The molecule has 0 saturated carbocycles. The molecular weight excluding hydrogens is 180 g/mol. The van der Waals surface area contributed by atoms with Crippen molar-refractivity contribution < 1.29 is 17.2 Å². The van der Waals surface area contributed by atoms with Gasteiger partial charge >= 0.3 is 10.4 Å². The summed E-state index contributed by atoms with van der Waals surface area (Å²) in [5, 5.41) is 0. The van der Waals surface area contributed by atoms with Crippen LogP contribution in [0.4, 0.5) is 0 Å². The predicted molar refractivity (Wildman–Crippen MR) is 46.2 cm³/mol. The lowest BCUT2D eigenvalue weighted by molar-refractivity contribution is 0.246. The Morgan fingerprint density at radius 3 is 2.42 bits per heavy atom. The third kappa shape index (κ3) is 7.97. The van der Waals surface area contributed by atoms with E-state index in [1.807, 2.05) is 6.92 Å². The van der Waals surface area contributed by atoms with E-state index in [1.54, 1.807) is 0 Å². The number of rotatable bonds is 6. The first kappa shape index (κ1) is 11.9. The first-order chi connectivity index (χ1) is 5.45. The fourth-order valence-electron chi connectivity index (χ4n) is 0.992. The fraction of sp³-hybridized carbons (Fsp3) is 1.00. The molecule has 0 amide bonds. The third-order valence-corrected chi connectivity index (χ3v) is 2.09. The van der Waals surface area contributed by atoms with Crippen LogP contribution in [0.5, 0.6) is 0 Å². The SMILES string of the molecule is CCCC(C)CCOS(=O)(=O)O. The highest BCUT2D eigenvalue weighted by Crippen LogP contribution is 2.09. The highest BCUT2D eigenvalue weighted by Gasteiger charge is 2.06. The Bertz CT molecular complexity index is 197. The van der Waals surface area contributed by atoms with Crippen LogP contribution in [0, 0.1) is 5.92 Å². The lowest BCUT2D eigenvalue weighted by Gasteiger charge is -2.07. The molecule has 1 N–H and O–H groups in total. The van der Waals surface area contributed by atoms with Crippen molar-refractivity contribution in [2.24, 2.45) is 5.92 Å². The standard InChI is InChI=1S/C7H16O4S/c1-3-4-7(2)5-6-11-12(8,9)10/h7H,3-6H2,1-2H3,(H,8,9,10). The van der Waals surface area contributed by atoms with E-state index in [2.05, 4.69) is 11.1 Å². The second-order valence-electron chi connectivity index (χ2n) is 2.93. The normalized spacial score (nSPS) is 14.6. The Labute approximate surface area is 73.9 Å². The topological polar surface area (TPSA) is 63.6 Å². The Balaban J connectivity index is 3.44. The van der Waals surface area contributed by atoms with Crippen LogP contribution in [0.3, 0.4) is 0 Å². The molecule has 5 heteroatoms. The summed E-state index contributed by atoms with van der Waals surface area (Å²) in [6.45, 7) is 4.16. The van der Waals surface area contributed by atoms with Crippen LogP contribution in [0.25, 0.3) is 0 Å². The molecule has 0 aliphatic heterocycles. The summed E-state index contributed by atoms with van der Waals surface area (Å²) < 4.78 is 32.6. The molecule has 0 aliphatic rings. The zero-order valence-electron chi connectivity index (χ0n) is 7.49. The van der Waals surface area contributed by atoms with Crippen molar-refractivity contribution in [3.05, 3.63) is 0 Å².